The maximum Gasteiger partial charge on any atom is 0.247 e. The second-order valence-electron chi connectivity index (χ2n) is 3.60. The van der Waals surface area contributed by atoms with E-state index in [9.17, 15) is 4.79 Å². The fourth-order valence-electron chi connectivity index (χ4n) is 1.22. The summed E-state index contributed by atoms with van der Waals surface area (Å²) in [6.07, 6.45) is 0. The number of rotatable bonds is 4. The van der Waals surface area contributed by atoms with Crippen LogP contribution in [0.5, 0.6) is 0 Å². The zero-order valence-electron chi connectivity index (χ0n) is 8.94. The quantitative estimate of drug-likeness (QED) is 0.355. The number of benzene rings is 1. The van der Waals surface area contributed by atoms with Gasteiger partial charge in [0.2, 0.25) is 5.91 Å². The van der Waals surface area contributed by atoms with E-state index in [1.54, 1.807) is 0 Å². The van der Waals surface area contributed by atoms with Gasteiger partial charge in [0.05, 0.1) is 5.25 Å². The SMILES string of the molecule is CC(C)C(Sc1ccccc1)C(=O)NN. The summed E-state index contributed by atoms with van der Waals surface area (Å²) >= 11 is 1.54. The summed E-state index contributed by atoms with van der Waals surface area (Å²) in [5, 5.41) is -0.141. The van der Waals surface area contributed by atoms with Crippen molar-refractivity contribution in [2.45, 2.75) is 24.0 Å². The summed E-state index contributed by atoms with van der Waals surface area (Å²) < 4.78 is 0. The summed E-state index contributed by atoms with van der Waals surface area (Å²) in [5.41, 5.74) is 2.21. The van der Waals surface area contributed by atoms with Gasteiger partial charge in [-0.05, 0) is 18.1 Å². The first-order valence-electron chi connectivity index (χ1n) is 4.87. The molecule has 82 valence electrons. The summed E-state index contributed by atoms with van der Waals surface area (Å²) in [5.74, 6) is 5.27. The van der Waals surface area contributed by atoms with Gasteiger partial charge in [0.1, 0.15) is 0 Å². The molecule has 0 saturated heterocycles. The third-order valence-electron chi connectivity index (χ3n) is 2.01. The van der Waals surface area contributed by atoms with Gasteiger partial charge in [-0.2, -0.15) is 0 Å². The number of thioether (sulfide) groups is 1. The molecule has 4 heteroatoms. The fraction of sp³-hybridized carbons (Fsp3) is 0.364. The fourth-order valence-corrected chi connectivity index (χ4v) is 2.27. The minimum atomic E-state index is -0.141. The molecule has 3 nitrogen and oxygen atoms in total. The molecule has 1 rings (SSSR count). The van der Waals surface area contributed by atoms with Crippen molar-refractivity contribution in [3.05, 3.63) is 30.3 Å². The number of amides is 1. The lowest BCUT2D eigenvalue weighted by Crippen LogP contribution is -2.39. The Morgan fingerprint density at radius 1 is 1.33 bits per heavy atom. The monoisotopic (exact) mass is 224 g/mol. The molecule has 0 fully saturated rings. The van der Waals surface area contributed by atoms with Crippen LogP contribution in [0.3, 0.4) is 0 Å². The summed E-state index contributed by atoms with van der Waals surface area (Å²) in [7, 11) is 0. The van der Waals surface area contributed by atoms with Crippen molar-refractivity contribution in [1.29, 1.82) is 0 Å². The highest BCUT2D eigenvalue weighted by Crippen LogP contribution is 2.27. The van der Waals surface area contributed by atoms with Crippen LogP contribution in [-0.2, 0) is 4.79 Å². The van der Waals surface area contributed by atoms with Gasteiger partial charge >= 0.3 is 0 Å². The van der Waals surface area contributed by atoms with E-state index in [4.69, 9.17) is 5.84 Å². The van der Waals surface area contributed by atoms with Crippen molar-refractivity contribution < 1.29 is 4.79 Å². The predicted octanol–water partition coefficient (Wildman–Crippen LogP) is 1.79. The Hall–Kier alpha value is -1.00. The zero-order chi connectivity index (χ0) is 11.3. The first-order valence-corrected chi connectivity index (χ1v) is 5.75. The van der Waals surface area contributed by atoms with Gasteiger partial charge in [0.25, 0.3) is 0 Å². The number of hydrogen-bond donors (Lipinski definition) is 2. The molecule has 1 aromatic carbocycles. The molecule has 0 aromatic heterocycles. The highest BCUT2D eigenvalue weighted by Gasteiger charge is 2.22. The molecule has 1 aromatic rings. The Kier molecular flexibility index (Phi) is 4.65. The van der Waals surface area contributed by atoms with Gasteiger partial charge in [0, 0.05) is 4.90 Å². The largest absolute Gasteiger partial charge is 0.293 e. The number of carbonyl (C=O) groups excluding carboxylic acids is 1. The molecule has 1 atom stereocenters. The molecule has 0 bridgehead atoms. The maximum atomic E-state index is 11.5. The second-order valence-corrected chi connectivity index (χ2v) is 4.82. The molecule has 3 N–H and O–H groups in total. The smallest absolute Gasteiger partial charge is 0.247 e. The van der Waals surface area contributed by atoms with Crippen molar-refractivity contribution >= 4 is 17.7 Å². The number of nitrogens with two attached hydrogens (primary N) is 1. The van der Waals surface area contributed by atoms with Gasteiger partial charge in [0.15, 0.2) is 0 Å². The van der Waals surface area contributed by atoms with E-state index >= 15 is 0 Å². The van der Waals surface area contributed by atoms with E-state index in [2.05, 4.69) is 5.43 Å². The van der Waals surface area contributed by atoms with Crippen molar-refractivity contribution in [3.8, 4) is 0 Å². The van der Waals surface area contributed by atoms with Gasteiger partial charge in [-0.3, -0.25) is 10.2 Å². The Morgan fingerprint density at radius 2 is 1.93 bits per heavy atom. The van der Waals surface area contributed by atoms with Crippen LogP contribution < -0.4 is 11.3 Å². The highest BCUT2D eigenvalue weighted by molar-refractivity contribution is 8.00. The highest BCUT2D eigenvalue weighted by atomic mass is 32.2. The lowest BCUT2D eigenvalue weighted by molar-refractivity contribution is -0.121. The van der Waals surface area contributed by atoms with Crippen LogP contribution in [0.25, 0.3) is 0 Å². The standard InChI is InChI=1S/C11H16N2OS/c1-8(2)10(11(14)13-12)15-9-6-4-3-5-7-9/h3-8,10H,12H2,1-2H3,(H,13,14). The molecule has 0 heterocycles. The molecule has 1 unspecified atom stereocenters. The Morgan fingerprint density at radius 3 is 2.40 bits per heavy atom. The maximum absolute atomic E-state index is 11.5. The summed E-state index contributed by atoms with van der Waals surface area (Å²) in [6.45, 7) is 4.02. The van der Waals surface area contributed by atoms with Crippen molar-refractivity contribution in [3.63, 3.8) is 0 Å². The Bertz CT molecular complexity index is 314. The summed E-state index contributed by atoms with van der Waals surface area (Å²) in [4.78, 5) is 12.6. The van der Waals surface area contributed by atoms with Crippen molar-refractivity contribution in [1.82, 2.24) is 5.43 Å². The lowest BCUT2D eigenvalue weighted by Gasteiger charge is -2.18. The van der Waals surface area contributed by atoms with E-state index in [0.29, 0.717) is 0 Å². The van der Waals surface area contributed by atoms with Gasteiger partial charge in [-0.15, -0.1) is 11.8 Å². The second kappa shape index (κ2) is 5.78. The third-order valence-corrected chi connectivity index (χ3v) is 3.57. The molecule has 0 saturated carbocycles. The number of carbonyl (C=O) groups is 1. The van der Waals surface area contributed by atoms with Crippen LogP contribution in [0.4, 0.5) is 0 Å². The molecule has 0 aliphatic carbocycles. The average Bonchev–Trinajstić information content (AvgIpc) is 2.26. The molecule has 1 amide bonds. The molecular weight excluding hydrogens is 208 g/mol. The van der Waals surface area contributed by atoms with Crippen LogP contribution in [0.2, 0.25) is 0 Å². The molecule has 0 spiro atoms. The van der Waals surface area contributed by atoms with Crippen LogP contribution in [0, 0.1) is 5.92 Å². The first-order chi connectivity index (χ1) is 7.15. The van der Waals surface area contributed by atoms with Crippen molar-refractivity contribution in [2.75, 3.05) is 0 Å². The van der Waals surface area contributed by atoms with Gasteiger partial charge < -0.3 is 0 Å². The molecule has 0 aliphatic rings. The Balaban J connectivity index is 2.72. The Labute approximate surface area is 94.4 Å². The molecular formula is C11H16N2OS. The van der Waals surface area contributed by atoms with E-state index in [1.165, 1.54) is 11.8 Å². The average molecular weight is 224 g/mol. The minimum Gasteiger partial charge on any atom is -0.293 e. The normalized spacial score (nSPS) is 12.5. The minimum absolute atomic E-state index is 0.126. The van der Waals surface area contributed by atoms with Crippen LogP contribution in [0.1, 0.15) is 13.8 Å². The van der Waals surface area contributed by atoms with Crippen molar-refractivity contribution in [2.24, 2.45) is 11.8 Å². The van der Waals surface area contributed by atoms with E-state index < -0.39 is 0 Å². The lowest BCUT2D eigenvalue weighted by atomic mass is 10.1. The predicted molar refractivity (Wildman–Crippen MR) is 63.3 cm³/mol. The van der Waals surface area contributed by atoms with E-state index in [0.717, 1.165) is 4.90 Å². The van der Waals surface area contributed by atoms with Gasteiger partial charge in [-0.25, -0.2) is 5.84 Å². The van der Waals surface area contributed by atoms with E-state index in [-0.39, 0.29) is 17.1 Å². The first kappa shape index (κ1) is 12.1. The molecule has 0 radical (unpaired) electrons. The topological polar surface area (TPSA) is 55.1 Å². The van der Waals surface area contributed by atoms with Crippen LogP contribution >= 0.6 is 11.8 Å². The number of hydrazine groups is 1. The molecule has 15 heavy (non-hydrogen) atoms. The van der Waals surface area contributed by atoms with Gasteiger partial charge in [-0.1, -0.05) is 32.0 Å². The zero-order valence-corrected chi connectivity index (χ0v) is 9.75. The van der Waals surface area contributed by atoms with E-state index in [1.807, 2.05) is 44.2 Å². The third kappa shape index (κ3) is 3.57. The summed E-state index contributed by atoms with van der Waals surface area (Å²) in [6, 6.07) is 9.85. The number of nitrogens with one attached hydrogen (secondary N) is 1. The van der Waals surface area contributed by atoms with Crippen LogP contribution in [-0.4, -0.2) is 11.2 Å². The number of hydrogen-bond acceptors (Lipinski definition) is 3. The molecule has 0 aliphatic heterocycles. The van der Waals surface area contributed by atoms with Crippen LogP contribution in [0.15, 0.2) is 35.2 Å².